The van der Waals surface area contributed by atoms with Crippen molar-refractivity contribution < 1.29 is 9.53 Å². The van der Waals surface area contributed by atoms with E-state index in [-0.39, 0.29) is 17.3 Å². The van der Waals surface area contributed by atoms with E-state index in [0.29, 0.717) is 6.61 Å². The van der Waals surface area contributed by atoms with Crippen molar-refractivity contribution in [2.45, 2.75) is 47.6 Å². The van der Waals surface area contributed by atoms with Gasteiger partial charge >= 0.3 is 0 Å². The van der Waals surface area contributed by atoms with Crippen molar-refractivity contribution in [2.24, 2.45) is 5.41 Å². The molecule has 0 aromatic carbocycles. The summed E-state index contributed by atoms with van der Waals surface area (Å²) in [5.41, 5.74) is 0.792. The summed E-state index contributed by atoms with van der Waals surface area (Å²) in [4.78, 5) is 16.7. The van der Waals surface area contributed by atoms with Gasteiger partial charge in [0.1, 0.15) is 11.1 Å². The number of carbonyl (C=O) groups excluding carboxylic acids is 1. The van der Waals surface area contributed by atoms with Crippen molar-refractivity contribution in [3.05, 3.63) is 15.6 Å². The molecule has 96 valence electrons. The molecule has 4 heteroatoms. The number of ketones is 1. The van der Waals surface area contributed by atoms with E-state index in [9.17, 15) is 4.79 Å². The maximum absolute atomic E-state index is 11.4. The molecule has 17 heavy (non-hydrogen) atoms. The molecular weight excluding hydrogens is 234 g/mol. The van der Waals surface area contributed by atoms with Crippen LogP contribution < -0.4 is 0 Å². The summed E-state index contributed by atoms with van der Waals surface area (Å²) in [5.74, 6) is 0.0791. The third kappa shape index (κ3) is 3.36. The van der Waals surface area contributed by atoms with E-state index in [4.69, 9.17) is 4.74 Å². The summed E-state index contributed by atoms with van der Waals surface area (Å²) in [6.07, 6.45) is -0.0516. The minimum absolute atomic E-state index is 0.0195. The van der Waals surface area contributed by atoms with Crippen LogP contribution >= 0.6 is 11.3 Å². The van der Waals surface area contributed by atoms with E-state index in [1.165, 1.54) is 11.3 Å². The number of rotatable bonds is 4. The molecule has 0 N–H and O–H groups in total. The fraction of sp³-hybridized carbons (Fsp3) is 0.692. The van der Waals surface area contributed by atoms with Gasteiger partial charge in [-0.05, 0) is 19.3 Å². The highest BCUT2D eigenvalue weighted by molar-refractivity contribution is 7.13. The number of ether oxygens (including phenoxy) is 1. The van der Waals surface area contributed by atoms with E-state index in [1.54, 1.807) is 6.92 Å². The standard InChI is InChI=1S/C13H21NO2S/c1-7-16-11(13(4,5)6)12-14-8(2)10(17-12)9(3)15/h11H,7H2,1-6H3. The highest BCUT2D eigenvalue weighted by atomic mass is 32.1. The van der Waals surface area contributed by atoms with Crippen LogP contribution in [-0.4, -0.2) is 17.4 Å². The van der Waals surface area contributed by atoms with Crippen molar-refractivity contribution in [1.29, 1.82) is 0 Å². The molecule has 0 fully saturated rings. The molecule has 1 heterocycles. The van der Waals surface area contributed by atoms with Gasteiger partial charge in [0, 0.05) is 13.5 Å². The minimum atomic E-state index is -0.0516. The van der Waals surface area contributed by atoms with Crippen LogP contribution in [0.25, 0.3) is 0 Å². The van der Waals surface area contributed by atoms with E-state index in [1.807, 2.05) is 13.8 Å². The fourth-order valence-electron chi connectivity index (χ4n) is 1.71. The number of aryl methyl sites for hydroxylation is 1. The van der Waals surface area contributed by atoms with E-state index in [0.717, 1.165) is 15.6 Å². The van der Waals surface area contributed by atoms with Gasteiger partial charge in [-0.2, -0.15) is 0 Å². The Morgan fingerprint density at radius 3 is 2.41 bits per heavy atom. The van der Waals surface area contributed by atoms with Crippen LogP contribution in [0.5, 0.6) is 0 Å². The van der Waals surface area contributed by atoms with Crippen molar-refractivity contribution in [1.82, 2.24) is 4.98 Å². The Kier molecular flexibility index (Phi) is 4.44. The second-order valence-corrected chi connectivity index (χ2v) is 6.25. The van der Waals surface area contributed by atoms with Gasteiger partial charge in [-0.1, -0.05) is 20.8 Å². The predicted molar refractivity (Wildman–Crippen MR) is 70.7 cm³/mol. The van der Waals surface area contributed by atoms with Gasteiger partial charge in [0.25, 0.3) is 0 Å². The highest BCUT2D eigenvalue weighted by Crippen LogP contribution is 2.38. The average Bonchev–Trinajstić information content (AvgIpc) is 2.54. The number of thiazole rings is 1. The molecule has 0 spiro atoms. The van der Waals surface area contributed by atoms with E-state index in [2.05, 4.69) is 25.8 Å². The molecule has 0 aliphatic heterocycles. The summed E-state index contributed by atoms with van der Waals surface area (Å²) in [7, 11) is 0. The van der Waals surface area contributed by atoms with Crippen molar-refractivity contribution in [2.75, 3.05) is 6.61 Å². The maximum atomic E-state index is 11.4. The van der Waals surface area contributed by atoms with Crippen LogP contribution in [0.3, 0.4) is 0 Å². The first-order chi connectivity index (χ1) is 7.77. The van der Waals surface area contributed by atoms with Crippen molar-refractivity contribution in [3.8, 4) is 0 Å². The fourth-order valence-corrected chi connectivity index (χ4v) is 2.97. The quantitative estimate of drug-likeness (QED) is 0.769. The minimum Gasteiger partial charge on any atom is -0.371 e. The lowest BCUT2D eigenvalue weighted by atomic mass is 9.89. The monoisotopic (exact) mass is 255 g/mol. The van der Waals surface area contributed by atoms with Crippen LogP contribution in [0.15, 0.2) is 0 Å². The second-order valence-electron chi connectivity index (χ2n) is 5.22. The van der Waals surface area contributed by atoms with Gasteiger partial charge in [-0.25, -0.2) is 4.98 Å². The molecule has 1 aromatic heterocycles. The number of hydrogen-bond acceptors (Lipinski definition) is 4. The van der Waals surface area contributed by atoms with Gasteiger partial charge in [-0.3, -0.25) is 4.79 Å². The van der Waals surface area contributed by atoms with Gasteiger partial charge in [0.15, 0.2) is 5.78 Å². The Morgan fingerprint density at radius 1 is 1.47 bits per heavy atom. The van der Waals surface area contributed by atoms with Crippen LogP contribution in [0.4, 0.5) is 0 Å². The van der Waals surface area contributed by atoms with Crippen molar-refractivity contribution in [3.63, 3.8) is 0 Å². The number of nitrogens with zero attached hydrogens (tertiary/aromatic N) is 1. The number of Topliss-reactive ketones (excluding diaryl/α,β-unsaturated/α-hetero) is 1. The number of carbonyl (C=O) groups is 1. The SMILES string of the molecule is CCOC(c1nc(C)c(C(C)=O)s1)C(C)(C)C. The van der Waals surface area contributed by atoms with E-state index < -0.39 is 0 Å². The molecule has 3 nitrogen and oxygen atoms in total. The molecule has 1 aromatic rings. The molecule has 0 saturated carbocycles. The molecule has 1 atom stereocenters. The first-order valence-corrected chi connectivity index (χ1v) is 6.68. The van der Waals surface area contributed by atoms with Crippen molar-refractivity contribution >= 4 is 17.1 Å². The maximum Gasteiger partial charge on any atom is 0.171 e. The Labute approximate surface area is 107 Å². The Hall–Kier alpha value is -0.740. The summed E-state index contributed by atoms with van der Waals surface area (Å²) >= 11 is 1.46. The molecule has 0 bridgehead atoms. The van der Waals surface area contributed by atoms with E-state index >= 15 is 0 Å². The molecule has 1 unspecified atom stereocenters. The summed E-state index contributed by atoms with van der Waals surface area (Å²) in [5, 5.41) is 0.905. The third-order valence-corrected chi connectivity index (χ3v) is 3.78. The van der Waals surface area contributed by atoms with Gasteiger partial charge in [-0.15, -0.1) is 11.3 Å². The highest BCUT2D eigenvalue weighted by Gasteiger charge is 2.30. The molecule has 0 aliphatic rings. The molecule has 1 rings (SSSR count). The second kappa shape index (κ2) is 5.27. The Balaban J connectivity index is 3.12. The first kappa shape index (κ1) is 14.3. The topological polar surface area (TPSA) is 39.2 Å². The van der Waals surface area contributed by atoms with Crippen LogP contribution in [0, 0.1) is 12.3 Å². The Bertz CT molecular complexity index is 404. The predicted octanol–water partition coefficient (Wildman–Crippen LogP) is 3.78. The lowest BCUT2D eigenvalue weighted by Gasteiger charge is -2.28. The molecule has 0 aliphatic carbocycles. The first-order valence-electron chi connectivity index (χ1n) is 5.87. The zero-order valence-corrected chi connectivity index (χ0v) is 12.3. The van der Waals surface area contributed by atoms with Crippen LogP contribution in [-0.2, 0) is 4.74 Å². The molecule has 0 radical (unpaired) electrons. The summed E-state index contributed by atoms with van der Waals surface area (Å²) < 4.78 is 5.78. The largest absolute Gasteiger partial charge is 0.371 e. The zero-order chi connectivity index (χ0) is 13.2. The number of hydrogen-bond donors (Lipinski definition) is 0. The average molecular weight is 255 g/mol. The summed E-state index contributed by atoms with van der Waals surface area (Å²) in [6.45, 7) is 12.5. The van der Waals surface area contributed by atoms with Gasteiger partial charge < -0.3 is 4.74 Å². The van der Waals surface area contributed by atoms with Gasteiger partial charge in [0.05, 0.1) is 10.6 Å². The van der Waals surface area contributed by atoms with Crippen LogP contribution in [0.1, 0.15) is 61.1 Å². The molecule has 0 saturated heterocycles. The lowest BCUT2D eigenvalue weighted by molar-refractivity contribution is -0.0134. The summed E-state index contributed by atoms with van der Waals surface area (Å²) in [6, 6.07) is 0. The molecular formula is C13H21NO2S. The zero-order valence-electron chi connectivity index (χ0n) is 11.5. The molecule has 0 amide bonds. The smallest absolute Gasteiger partial charge is 0.171 e. The normalized spacial score (nSPS) is 13.8. The van der Waals surface area contributed by atoms with Gasteiger partial charge in [0.2, 0.25) is 0 Å². The van der Waals surface area contributed by atoms with Crippen LogP contribution in [0.2, 0.25) is 0 Å². The number of aromatic nitrogens is 1. The Morgan fingerprint density at radius 2 is 2.06 bits per heavy atom. The lowest BCUT2D eigenvalue weighted by Crippen LogP contribution is -2.21. The third-order valence-electron chi connectivity index (χ3n) is 2.48.